The zero-order valence-electron chi connectivity index (χ0n) is 10.4. The minimum atomic E-state index is -0.0751. The molecule has 2 aromatic rings. The molecule has 0 saturated heterocycles. The van der Waals surface area contributed by atoms with Crippen LogP contribution in [0.3, 0.4) is 0 Å². The SMILES string of the molecule is CCNC(=O)c1sc(N)c(-c2ccccn2)c1C. The van der Waals surface area contributed by atoms with Crippen molar-refractivity contribution in [2.24, 2.45) is 0 Å². The summed E-state index contributed by atoms with van der Waals surface area (Å²) in [4.78, 5) is 16.8. The number of hydrogen-bond donors (Lipinski definition) is 2. The number of hydrogen-bond acceptors (Lipinski definition) is 4. The Bertz CT molecular complexity index is 563. The third kappa shape index (κ3) is 2.22. The summed E-state index contributed by atoms with van der Waals surface area (Å²) < 4.78 is 0. The first kappa shape index (κ1) is 12.6. The first-order valence-electron chi connectivity index (χ1n) is 5.73. The second kappa shape index (κ2) is 5.18. The maximum Gasteiger partial charge on any atom is 0.261 e. The number of nitrogens with one attached hydrogen (secondary N) is 1. The fourth-order valence-corrected chi connectivity index (χ4v) is 2.82. The summed E-state index contributed by atoms with van der Waals surface area (Å²) in [6.07, 6.45) is 1.72. The fraction of sp³-hybridized carbons (Fsp3) is 0.231. The van der Waals surface area contributed by atoms with Crippen molar-refractivity contribution in [1.29, 1.82) is 0 Å². The Balaban J connectivity index is 2.48. The normalized spacial score (nSPS) is 10.3. The monoisotopic (exact) mass is 261 g/mol. The lowest BCUT2D eigenvalue weighted by Crippen LogP contribution is -2.22. The number of aromatic nitrogens is 1. The number of amides is 1. The Morgan fingerprint density at radius 2 is 2.28 bits per heavy atom. The van der Waals surface area contributed by atoms with Crippen LogP contribution in [0, 0.1) is 6.92 Å². The smallest absolute Gasteiger partial charge is 0.261 e. The number of nitrogens with two attached hydrogens (primary N) is 1. The van der Waals surface area contributed by atoms with Crippen molar-refractivity contribution in [1.82, 2.24) is 10.3 Å². The predicted octanol–water partition coefficient (Wildman–Crippen LogP) is 2.45. The number of rotatable bonds is 3. The van der Waals surface area contributed by atoms with Crippen molar-refractivity contribution in [3.05, 3.63) is 34.8 Å². The first-order chi connectivity index (χ1) is 8.65. The Morgan fingerprint density at radius 1 is 1.50 bits per heavy atom. The van der Waals surface area contributed by atoms with Gasteiger partial charge in [-0.05, 0) is 31.5 Å². The molecule has 0 radical (unpaired) electrons. The first-order valence-corrected chi connectivity index (χ1v) is 6.55. The molecule has 0 spiro atoms. The van der Waals surface area contributed by atoms with Crippen molar-refractivity contribution in [3.8, 4) is 11.3 Å². The molecule has 0 aliphatic heterocycles. The van der Waals surface area contributed by atoms with Crippen LogP contribution in [0.15, 0.2) is 24.4 Å². The molecule has 0 fully saturated rings. The van der Waals surface area contributed by atoms with E-state index in [-0.39, 0.29) is 5.91 Å². The van der Waals surface area contributed by atoms with Crippen LogP contribution in [0.4, 0.5) is 5.00 Å². The van der Waals surface area contributed by atoms with Crippen molar-refractivity contribution < 1.29 is 4.79 Å². The number of nitrogen functional groups attached to an aromatic ring is 1. The lowest BCUT2D eigenvalue weighted by Gasteiger charge is -2.02. The number of anilines is 1. The second-order valence-electron chi connectivity index (χ2n) is 3.87. The molecule has 18 heavy (non-hydrogen) atoms. The molecular formula is C13H15N3OS. The summed E-state index contributed by atoms with van der Waals surface area (Å²) in [5, 5.41) is 3.42. The third-order valence-corrected chi connectivity index (χ3v) is 3.76. The van der Waals surface area contributed by atoms with Gasteiger partial charge >= 0.3 is 0 Å². The number of carbonyl (C=O) groups excluding carboxylic acids is 1. The van der Waals surface area contributed by atoms with E-state index in [1.54, 1.807) is 6.20 Å². The molecule has 0 bridgehead atoms. The van der Waals surface area contributed by atoms with E-state index in [1.807, 2.05) is 32.0 Å². The van der Waals surface area contributed by atoms with Gasteiger partial charge in [0.05, 0.1) is 15.6 Å². The van der Waals surface area contributed by atoms with E-state index >= 15 is 0 Å². The van der Waals surface area contributed by atoms with Crippen molar-refractivity contribution >= 4 is 22.2 Å². The summed E-state index contributed by atoms with van der Waals surface area (Å²) >= 11 is 1.31. The summed E-state index contributed by atoms with van der Waals surface area (Å²) in [6.45, 7) is 4.40. The van der Waals surface area contributed by atoms with Crippen LogP contribution in [-0.4, -0.2) is 17.4 Å². The molecule has 1 amide bonds. The van der Waals surface area contributed by atoms with E-state index in [0.29, 0.717) is 16.4 Å². The van der Waals surface area contributed by atoms with E-state index in [2.05, 4.69) is 10.3 Å². The zero-order chi connectivity index (χ0) is 13.1. The molecule has 94 valence electrons. The Morgan fingerprint density at radius 3 is 2.89 bits per heavy atom. The highest BCUT2D eigenvalue weighted by Crippen LogP contribution is 2.37. The molecule has 2 heterocycles. The van der Waals surface area contributed by atoms with Gasteiger partial charge in [-0.3, -0.25) is 9.78 Å². The molecule has 0 unspecified atom stereocenters. The van der Waals surface area contributed by atoms with Gasteiger partial charge in [-0.25, -0.2) is 0 Å². The Kier molecular flexibility index (Phi) is 3.62. The van der Waals surface area contributed by atoms with Crippen LogP contribution in [0.1, 0.15) is 22.2 Å². The summed E-state index contributed by atoms with van der Waals surface area (Å²) in [5.41, 5.74) is 8.57. The average Bonchev–Trinajstić information content (AvgIpc) is 2.66. The molecule has 0 aliphatic carbocycles. The van der Waals surface area contributed by atoms with Gasteiger partial charge in [-0.1, -0.05) is 6.07 Å². The molecular weight excluding hydrogens is 246 g/mol. The highest BCUT2D eigenvalue weighted by Gasteiger charge is 2.19. The van der Waals surface area contributed by atoms with E-state index in [4.69, 9.17) is 5.73 Å². The van der Waals surface area contributed by atoms with Crippen LogP contribution < -0.4 is 11.1 Å². The largest absolute Gasteiger partial charge is 0.390 e. The summed E-state index contributed by atoms with van der Waals surface area (Å²) in [5.74, 6) is -0.0751. The van der Waals surface area contributed by atoms with E-state index in [9.17, 15) is 4.79 Å². The molecule has 0 aromatic carbocycles. The number of pyridine rings is 1. The van der Waals surface area contributed by atoms with Crippen LogP contribution in [0.2, 0.25) is 0 Å². The minimum absolute atomic E-state index is 0.0751. The summed E-state index contributed by atoms with van der Waals surface area (Å²) in [7, 11) is 0. The van der Waals surface area contributed by atoms with Gasteiger partial charge in [-0.2, -0.15) is 0 Å². The quantitative estimate of drug-likeness (QED) is 0.891. The molecule has 3 N–H and O–H groups in total. The van der Waals surface area contributed by atoms with Gasteiger partial charge in [-0.15, -0.1) is 11.3 Å². The van der Waals surface area contributed by atoms with E-state index in [0.717, 1.165) is 16.8 Å². The van der Waals surface area contributed by atoms with Crippen molar-refractivity contribution in [2.45, 2.75) is 13.8 Å². The van der Waals surface area contributed by atoms with Crippen molar-refractivity contribution in [3.63, 3.8) is 0 Å². The van der Waals surface area contributed by atoms with E-state index in [1.165, 1.54) is 11.3 Å². The molecule has 4 nitrogen and oxygen atoms in total. The standard InChI is InChI=1S/C13H15N3OS/c1-3-15-13(17)11-8(2)10(12(14)18-11)9-6-4-5-7-16-9/h4-7H,3,14H2,1-2H3,(H,15,17). The van der Waals surface area contributed by atoms with Gasteiger partial charge in [0.25, 0.3) is 5.91 Å². The second-order valence-corrected chi connectivity index (χ2v) is 4.92. The molecule has 0 saturated carbocycles. The minimum Gasteiger partial charge on any atom is -0.390 e. The Hall–Kier alpha value is -1.88. The average molecular weight is 261 g/mol. The van der Waals surface area contributed by atoms with Crippen molar-refractivity contribution in [2.75, 3.05) is 12.3 Å². The lowest BCUT2D eigenvalue weighted by molar-refractivity contribution is 0.0959. The molecule has 5 heteroatoms. The van der Waals surface area contributed by atoms with Crippen LogP contribution in [-0.2, 0) is 0 Å². The lowest BCUT2D eigenvalue weighted by atomic mass is 10.1. The third-order valence-electron chi connectivity index (χ3n) is 2.64. The highest BCUT2D eigenvalue weighted by atomic mass is 32.1. The Labute approximate surface area is 110 Å². The van der Waals surface area contributed by atoms with Gasteiger partial charge < -0.3 is 11.1 Å². The molecule has 2 rings (SSSR count). The van der Waals surface area contributed by atoms with Gasteiger partial charge in [0.15, 0.2) is 0 Å². The molecule has 2 aromatic heterocycles. The summed E-state index contributed by atoms with van der Waals surface area (Å²) in [6, 6.07) is 5.66. The van der Waals surface area contributed by atoms with Gasteiger partial charge in [0, 0.05) is 18.3 Å². The molecule has 0 aliphatic rings. The van der Waals surface area contributed by atoms with Crippen LogP contribution >= 0.6 is 11.3 Å². The number of nitrogens with zero attached hydrogens (tertiary/aromatic N) is 1. The van der Waals surface area contributed by atoms with E-state index < -0.39 is 0 Å². The van der Waals surface area contributed by atoms with Crippen LogP contribution in [0.25, 0.3) is 11.3 Å². The predicted molar refractivity (Wildman–Crippen MR) is 74.7 cm³/mol. The van der Waals surface area contributed by atoms with Gasteiger partial charge in [0.1, 0.15) is 0 Å². The topological polar surface area (TPSA) is 68.0 Å². The zero-order valence-corrected chi connectivity index (χ0v) is 11.2. The maximum absolute atomic E-state index is 11.9. The van der Waals surface area contributed by atoms with Crippen LogP contribution in [0.5, 0.6) is 0 Å². The number of thiophene rings is 1. The number of carbonyl (C=O) groups is 1. The van der Waals surface area contributed by atoms with Gasteiger partial charge in [0.2, 0.25) is 0 Å². The fourth-order valence-electron chi connectivity index (χ4n) is 1.82. The highest BCUT2D eigenvalue weighted by molar-refractivity contribution is 7.18. The maximum atomic E-state index is 11.9. The molecule has 0 atom stereocenters.